The van der Waals surface area contributed by atoms with Gasteiger partial charge in [-0.1, -0.05) is 29.3 Å². The Hall–Kier alpha value is -2.68. The van der Waals surface area contributed by atoms with E-state index in [1.165, 1.54) is 11.3 Å². The van der Waals surface area contributed by atoms with Crippen LogP contribution in [0.5, 0.6) is 11.5 Å². The zero-order chi connectivity index (χ0) is 21.5. The molecule has 160 valence electrons. The van der Waals surface area contributed by atoms with E-state index in [2.05, 4.69) is 5.32 Å². The normalized spacial score (nSPS) is 15.4. The molecule has 0 saturated carbocycles. The van der Waals surface area contributed by atoms with E-state index in [1.807, 2.05) is 12.1 Å². The fourth-order valence-electron chi connectivity index (χ4n) is 3.61. The number of fused-ring (bicyclic) bond motifs is 2. The number of amides is 3. The van der Waals surface area contributed by atoms with Gasteiger partial charge in [-0.15, -0.1) is 11.3 Å². The molecule has 10 heteroatoms. The van der Waals surface area contributed by atoms with Gasteiger partial charge in [0.25, 0.3) is 5.91 Å². The molecule has 1 saturated heterocycles. The van der Waals surface area contributed by atoms with Gasteiger partial charge in [-0.05, 0) is 24.3 Å². The molecule has 3 heterocycles. The lowest BCUT2D eigenvalue weighted by atomic mass is 10.2. The van der Waals surface area contributed by atoms with Crippen molar-refractivity contribution in [3.63, 3.8) is 0 Å². The highest BCUT2D eigenvalue weighted by Crippen LogP contribution is 2.37. The van der Waals surface area contributed by atoms with Gasteiger partial charge in [-0.3, -0.25) is 4.79 Å². The summed E-state index contributed by atoms with van der Waals surface area (Å²) in [6.07, 6.45) is 0. The molecule has 0 unspecified atom stereocenters. The number of thiophene rings is 1. The molecule has 3 amide bonds. The van der Waals surface area contributed by atoms with Crippen molar-refractivity contribution in [1.29, 1.82) is 0 Å². The largest absolute Gasteiger partial charge is 0.454 e. The number of hydrogen-bond acceptors (Lipinski definition) is 5. The molecule has 0 spiro atoms. The van der Waals surface area contributed by atoms with Gasteiger partial charge in [0.2, 0.25) is 6.79 Å². The van der Waals surface area contributed by atoms with Crippen LogP contribution in [-0.4, -0.2) is 54.7 Å². The Morgan fingerprint density at radius 3 is 2.48 bits per heavy atom. The lowest BCUT2D eigenvalue weighted by molar-refractivity contribution is 0.0676. The molecule has 2 aromatic carbocycles. The second-order valence-corrected chi connectivity index (χ2v) is 9.03. The van der Waals surface area contributed by atoms with Gasteiger partial charge in [-0.2, -0.15) is 0 Å². The molecular formula is C21H17Cl2N3O4S. The summed E-state index contributed by atoms with van der Waals surface area (Å²) in [4.78, 5) is 29.6. The number of carbonyl (C=O) groups excluding carboxylic acids is 2. The summed E-state index contributed by atoms with van der Waals surface area (Å²) in [5, 5.41) is 4.74. The predicted octanol–water partition coefficient (Wildman–Crippen LogP) is 4.93. The highest BCUT2D eigenvalue weighted by molar-refractivity contribution is 7.21. The number of urea groups is 1. The molecule has 5 rings (SSSR count). The highest BCUT2D eigenvalue weighted by atomic mass is 35.5. The van der Waals surface area contributed by atoms with Crippen LogP contribution in [0.4, 0.5) is 10.5 Å². The minimum absolute atomic E-state index is 0.127. The summed E-state index contributed by atoms with van der Waals surface area (Å²) in [5.41, 5.74) is 0.628. The van der Waals surface area contributed by atoms with Crippen LogP contribution in [0.2, 0.25) is 10.0 Å². The quantitative estimate of drug-likeness (QED) is 0.567. The van der Waals surface area contributed by atoms with E-state index in [0.717, 1.165) is 10.1 Å². The first kappa shape index (κ1) is 20.2. The molecule has 0 bridgehead atoms. The third-order valence-electron chi connectivity index (χ3n) is 5.26. The molecule has 1 N–H and O–H groups in total. The minimum atomic E-state index is -0.222. The van der Waals surface area contributed by atoms with Gasteiger partial charge in [0.05, 0.1) is 5.02 Å². The van der Waals surface area contributed by atoms with Crippen molar-refractivity contribution in [3.05, 3.63) is 51.3 Å². The maximum Gasteiger partial charge on any atom is 0.321 e. The molecule has 0 aliphatic carbocycles. The first-order chi connectivity index (χ1) is 15.0. The summed E-state index contributed by atoms with van der Waals surface area (Å²) in [6.45, 7) is 1.89. The van der Waals surface area contributed by atoms with Crippen LogP contribution in [0.1, 0.15) is 9.67 Å². The first-order valence-corrected chi connectivity index (χ1v) is 11.2. The molecular weight excluding hydrogens is 461 g/mol. The Morgan fingerprint density at radius 2 is 1.68 bits per heavy atom. The highest BCUT2D eigenvalue weighted by Gasteiger charge is 2.28. The second kappa shape index (κ2) is 8.11. The Bertz CT molecular complexity index is 1190. The fraction of sp³-hybridized carbons (Fsp3) is 0.238. The molecule has 2 aliphatic heterocycles. The Balaban J connectivity index is 1.22. The summed E-state index contributed by atoms with van der Waals surface area (Å²) in [6, 6.07) is 10.4. The van der Waals surface area contributed by atoms with Crippen molar-refractivity contribution in [1.82, 2.24) is 9.80 Å². The van der Waals surface area contributed by atoms with E-state index in [0.29, 0.717) is 58.3 Å². The second-order valence-electron chi connectivity index (χ2n) is 7.16. The van der Waals surface area contributed by atoms with E-state index >= 15 is 0 Å². The fourth-order valence-corrected chi connectivity index (χ4v) is 5.37. The van der Waals surface area contributed by atoms with Crippen molar-refractivity contribution >= 4 is 62.3 Å². The third kappa shape index (κ3) is 3.86. The topological polar surface area (TPSA) is 71.1 Å². The van der Waals surface area contributed by atoms with Crippen molar-refractivity contribution in [2.75, 3.05) is 38.3 Å². The minimum Gasteiger partial charge on any atom is -0.454 e. The first-order valence-electron chi connectivity index (χ1n) is 9.62. The smallest absolute Gasteiger partial charge is 0.321 e. The number of carbonyl (C=O) groups is 2. The summed E-state index contributed by atoms with van der Waals surface area (Å²) in [7, 11) is 0. The van der Waals surface area contributed by atoms with E-state index in [9.17, 15) is 9.59 Å². The number of benzene rings is 2. The van der Waals surface area contributed by atoms with Crippen LogP contribution in [0.15, 0.2) is 36.4 Å². The van der Waals surface area contributed by atoms with Gasteiger partial charge in [0, 0.05) is 53.0 Å². The Labute approximate surface area is 192 Å². The Morgan fingerprint density at radius 1 is 0.935 bits per heavy atom. The zero-order valence-electron chi connectivity index (χ0n) is 16.2. The van der Waals surface area contributed by atoms with Gasteiger partial charge in [0.15, 0.2) is 11.5 Å². The van der Waals surface area contributed by atoms with E-state index in [4.69, 9.17) is 32.7 Å². The van der Waals surface area contributed by atoms with Crippen LogP contribution in [0.25, 0.3) is 10.1 Å². The monoisotopic (exact) mass is 477 g/mol. The van der Waals surface area contributed by atoms with Crippen LogP contribution >= 0.6 is 34.5 Å². The number of hydrogen-bond donors (Lipinski definition) is 1. The van der Waals surface area contributed by atoms with Crippen LogP contribution < -0.4 is 14.8 Å². The van der Waals surface area contributed by atoms with Gasteiger partial charge in [-0.25, -0.2) is 4.79 Å². The average Bonchev–Trinajstić information content (AvgIpc) is 3.37. The number of halogens is 2. The lowest BCUT2D eigenvalue weighted by Gasteiger charge is -2.34. The van der Waals surface area contributed by atoms with Crippen LogP contribution in [0, 0.1) is 0 Å². The molecule has 1 fully saturated rings. The van der Waals surface area contributed by atoms with Crippen molar-refractivity contribution in [2.45, 2.75) is 0 Å². The third-order valence-corrected chi connectivity index (χ3v) is 7.14. The SMILES string of the molecule is O=C(Nc1ccc2c(c1)OCO2)N1CCN(C(=O)c2sc3cc(Cl)ccc3c2Cl)CC1. The van der Waals surface area contributed by atoms with Crippen molar-refractivity contribution < 1.29 is 19.1 Å². The predicted molar refractivity (Wildman–Crippen MR) is 121 cm³/mol. The molecule has 31 heavy (non-hydrogen) atoms. The molecule has 0 radical (unpaired) electrons. The molecule has 1 aromatic heterocycles. The number of nitrogens with one attached hydrogen (secondary N) is 1. The number of rotatable bonds is 2. The number of nitrogens with zero attached hydrogens (tertiary/aromatic N) is 2. The van der Waals surface area contributed by atoms with E-state index in [1.54, 1.807) is 34.1 Å². The van der Waals surface area contributed by atoms with Crippen LogP contribution in [-0.2, 0) is 0 Å². The molecule has 0 atom stereocenters. The Kier molecular flexibility index (Phi) is 5.29. The van der Waals surface area contributed by atoms with Gasteiger partial charge < -0.3 is 24.6 Å². The van der Waals surface area contributed by atoms with E-state index < -0.39 is 0 Å². The molecule has 3 aromatic rings. The lowest BCUT2D eigenvalue weighted by Crippen LogP contribution is -2.51. The zero-order valence-corrected chi connectivity index (χ0v) is 18.5. The maximum absolute atomic E-state index is 13.0. The standard InChI is InChI=1S/C21H17Cl2N3O4S/c22-12-1-3-14-17(9-12)31-19(18(14)23)20(27)25-5-7-26(8-6-25)21(28)24-13-2-4-15-16(10-13)30-11-29-15/h1-4,9-10H,5-8,11H2,(H,24,28). The maximum atomic E-state index is 13.0. The van der Waals surface area contributed by atoms with Crippen molar-refractivity contribution in [2.24, 2.45) is 0 Å². The number of piperazine rings is 1. The number of anilines is 1. The van der Waals surface area contributed by atoms with Crippen molar-refractivity contribution in [3.8, 4) is 11.5 Å². The molecule has 2 aliphatic rings. The summed E-state index contributed by atoms with van der Waals surface area (Å²) in [5.74, 6) is 1.14. The van der Waals surface area contributed by atoms with E-state index in [-0.39, 0.29) is 18.7 Å². The summed E-state index contributed by atoms with van der Waals surface area (Å²) < 4.78 is 11.5. The molecule has 7 nitrogen and oxygen atoms in total. The summed E-state index contributed by atoms with van der Waals surface area (Å²) >= 11 is 13.8. The average molecular weight is 478 g/mol. The van der Waals surface area contributed by atoms with Gasteiger partial charge in [0.1, 0.15) is 4.88 Å². The van der Waals surface area contributed by atoms with Crippen LogP contribution in [0.3, 0.4) is 0 Å². The number of ether oxygens (including phenoxy) is 2. The van der Waals surface area contributed by atoms with Gasteiger partial charge >= 0.3 is 6.03 Å².